The normalized spacial score (nSPS) is 46.5. The smallest absolute Gasteiger partial charge is 0.0383 e. The van der Waals surface area contributed by atoms with Crippen molar-refractivity contribution < 1.29 is 0 Å². The maximum atomic E-state index is 1.61. The number of hydrogen-bond donors (Lipinski definition) is 0. The first-order chi connectivity index (χ1) is 5.92. The van der Waals surface area contributed by atoms with Crippen molar-refractivity contribution in [3.05, 3.63) is 0 Å². The zero-order valence-corrected chi connectivity index (χ0v) is 7.97. The molecule has 0 radical (unpaired) electrons. The van der Waals surface area contributed by atoms with Gasteiger partial charge in [0.05, 0.1) is 0 Å². The second kappa shape index (κ2) is 2.75. The van der Waals surface area contributed by atoms with Crippen LogP contribution in [0, 0.1) is 23.7 Å². The molecule has 0 saturated heterocycles. The van der Waals surface area contributed by atoms with Gasteiger partial charge in [-0.15, -0.1) is 0 Å². The highest BCUT2D eigenvalue weighted by atomic mass is 14.5. The van der Waals surface area contributed by atoms with E-state index in [0.717, 1.165) is 11.8 Å². The third-order valence-electron chi connectivity index (χ3n) is 4.74. The molecular formula is C12H20. The number of fused-ring (bicyclic) bond motifs is 1. The van der Waals surface area contributed by atoms with E-state index in [0.29, 0.717) is 0 Å². The molecule has 3 aliphatic rings. The molecule has 0 heterocycles. The summed E-state index contributed by atoms with van der Waals surface area (Å²) in [5.41, 5.74) is 0. The minimum absolute atomic E-state index is 1.16. The van der Waals surface area contributed by atoms with E-state index < -0.39 is 0 Å². The van der Waals surface area contributed by atoms with Crippen LogP contribution in [0.2, 0.25) is 0 Å². The van der Waals surface area contributed by atoms with Gasteiger partial charge in [0.2, 0.25) is 0 Å². The van der Waals surface area contributed by atoms with Gasteiger partial charge in [0.15, 0.2) is 0 Å². The van der Waals surface area contributed by atoms with Crippen LogP contribution in [0.4, 0.5) is 0 Å². The number of rotatable bonds is 2. The van der Waals surface area contributed by atoms with Gasteiger partial charge < -0.3 is 0 Å². The molecule has 0 nitrogen and oxygen atoms in total. The first kappa shape index (κ1) is 7.41. The predicted octanol–water partition coefficient (Wildman–Crippen LogP) is 3.61. The quantitative estimate of drug-likeness (QED) is 0.585. The van der Waals surface area contributed by atoms with Gasteiger partial charge in [-0.2, -0.15) is 0 Å². The third kappa shape index (κ3) is 1.11. The molecule has 0 aromatic heterocycles. The summed E-state index contributed by atoms with van der Waals surface area (Å²) < 4.78 is 0. The fourth-order valence-electron chi connectivity index (χ4n) is 3.60. The summed E-state index contributed by atoms with van der Waals surface area (Å²) in [6.45, 7) is 0. The maximum Gasteiger partial charge on any atom is -0.0383 e. The van der Waals surface area contributed by atoms with Crippen LogP contribution >= 0.6 is 0 Å². The Kier molecular flexibility index (Phi) is 1.70. The van der Waals surface area contributed by atoms with Crippen molar-refractivity contribution >= 4 is 0 Å². The summed E-state index contributed by atoms with van der Waals surface area (Å²) in [5.74, 6) is 4.70. The minimum atomic E-state index is 1.16. The van der Waals surface area contributed by atoms with E-state index >= 15 is 0 Å². The Morgan fingerprint density at radius 3 is 1.83 bits per heavy atom. The van der Waals surface area contributed by atoms with Crippen molar-refractivity contribution in [1.29, 1.82) is 0 Å². The van der Waals surface area contributed by atoms with Gasteiger partial charge in [-0.1, -0.05) is 19.3 Å². The molecule has 0 bridgehead atoms. The highest BCUT2D eigenvalue weighted by Gasteiger charge is 2.40. The second-order valence-corrected chi connectivity index (χ2v) is 5.47. The lowest BCUT2D eigenvalue weighted by Gasteiger charge is -2.29. The monoisotopic (exact) mass is 164 g/mol. The van der Waals surface area contributed by atoms with Crippen LogP contribution in [-0.4, -0.2) is 0 Å². The van der Waals surface area contributed by atoms with Crippen molar-refractivity contribution in [3.8, 4) is 0 Å². The Morgan fingerprint density at radius 1 is 0.750 bits per heavy atom. The largest absolute Gasteiger partial charge is 0.0528 e. The molecule has 3 rings (SSSR count). The molecule has 0 heteroatoms. The fraction of sp³-hybridized carbons (Fsp3) is 1.00. The predicted molar refractivity (Wildman–Crippen MR) is 50.9 cm³/mol. The van der Waals surface area contributed by atoms with E-state index in [9.17, 15) is 0 Å². The molecule has 3 saturated carbocycles. The standard InChI is InChI=1S/C12H20/c1-2-9(3-1)6-10-7-11-4-5-12(11)8-10/h9-12H,1-8H2. The molecule has 0 spiro atoms. The lowest BCUT2D eigenvalue weighted by molar-refractivity contribution is 0.219. The molecule has 0 N–H and O–H groups in total. The van der Waals surface area contributed by atoms with E-state index in [1.54, 1.807) is 44.9 Å². The minimum Gasteiger partial charge on any atom is -0.0528 e. The summed E-state index contributed by atoms with van der Waals surface area (Å²) in [5, 5.41) is 0. The van der Waals surface area contributed by atoms with Gasteiger partial charge in [-0.05, 0) is 55.8 Å². The maximum absolute atomic E-state index is 1.61. The first-order valence-corrected chi connectivity index (χ1v) is 5.92. The molecule has 3 fully saturated rings. The Balaban J connectivity index is 1.50. The molecule has 0 aliphatic heterocycles. The van der Waals surface area contributed by atoms with Crippen molar-refractivity contribution in [2.24, 2.45) is 23.7 Å². The van der Waals surface area contributed by atoms with Gasteiger partial charge >= 0.3 is 0 Å². The van der Waals surface area contributed by atoms with Crippen LogP contribution in [0.3, 0.4) is 0 Å². The average Bonchev–Trinajstić information content (AvgIpc) is 2.21. The van der Waals surface area contributed by atoms with E-state index in [2.05, 4.69) is 0 Å². The zero-order valence-electron chi connectivity index (χ0n) is 7.97. The first-order valence-electron chi connectivity index (χ1n) is 5.92. The Hall–Kier alpha value is 0. The highest BCUT2D eigenvalue weighted by Crippen LogP contribution is 2.52. The van der Waals surface area contributed by atoms with Crippen LogP contribution in [0.5, 0.6) is 0 Å². The van der Waals surface area contributed by atoms with Crippen molar-refractivity contribution in [2.45, 2.75) is 51.4 Å². The molecule has 3 aliphatic carbocycles. The Bertz CT molecular complexity index is 157. The second-order valence-electron chi connectivity index (χ2n) is 5.47. The molecule has 68 valence electrons. The molecule has 2 atom stereocenters. The van der Waals surface area contributed by atoms with Crippen LogP contribution in [0.25, 0.3) is 0 Å². The van der Waals surface area contributed by atoms with Crippen LogP contribution in [-0.2, 0) is 0 Å². The molecule has 2 unspecified atom stereocenters. The van der Waals surface area contributed by atoms with Gasteiger partial charge in [0, 0.05) is 0 Å². The molecule has 0 aromatic carbocycles. The van der Waals surface area contributed by atoms with Crippen LogP contribution in [0.1, 0.15) is 51.4 Å². The van der Waals surface area contributed by atoms with E-state index in [1.165, 1.54) is 18.3 Å². The molecular weight excluding hydrogens is 144 g/mol. The summed E-state index contributed by atoms with van der Waals surface area (Å²) in [7, 11) is 0. The molecule has 0 amide bonds. The lowest BCUT2D eigenvalue weighted by atomic mass is 9.77. The lowest BCUT2D eigenvalue weighted by Crippen LogP contribution is -2.18. The summed E-state index contributed by atoms with van der Waals surface area (Å²) in [6.07, 6.45) is 12.6. The van der Waals surface area contributed by atoms with Gasteiger partial charge in [-0.25, -0.2) is 0 Å². The van der Waals surface area contributed by atoms with E-state index in [1.807, 2.05) is 0 Å². The van der Waals surface area contributed by atoms with Crippen LogP contribution in [0.15, 0.2) is 0 Å². The highest BCUT2D eigenvalue weighted by molar-refractivity contribution is 4.91. The Morgan fingerprint density at radius 2 is 1.42 bits per heavy atom. The van der Waals surface area contributed by atoms with Crippen LogP contribution < -0.4 is 0 Å². The van der Waals surface area contributed by atoms with Crippen molar-refractivity contribution in [2.75, 3.05) is 0 Å². The fourth-order valence-corrected chi connectivity index (χ4v) is 3.60. The van der Waals surface area contributed by atoms with Gasteiger partial charge in [0.25, 0.3) is 0 Å². The SMILES string of the molecule is C1CC(CC2CC3CCC3C2)C1. The average molecular weight is 164 g/mol. The van der Waals surface area contributed by atoms with Crippen molar-refractivity contribution in [3.63, 3.8) is 0 Å². The molecule has 12 heavy (non-hydrogen) atoms. The zero-order chi connectivity index (χ0) is 7.97. The number of hydrogen-bond acceptors (Lipinski definition) is 0. The topological polar surface area (TPSA) is 0 Å². The summed E-state index contributed by atoms with van der Waals surface area (Å²) in [4.78, 5) is 0. The summed E-state index contributed by atoms with van der Waals surface area (Å²) >= 11 is 0. The molecule has 0 aromatic rings. The van der Waals surface area contributed by atoms with E-state index in [-0.39, 0.29) is 0 Å². The van der Waals surface area contributed by atoms with Crippen molar-refractivity contribution in [1.82, 2.24) is 0 Å². The third-order valence-corrected chi connectivity index (χ3v) is 4.74. The van der Waals surface area contributed by atoms with Gasteiger partial charge in [-0.3, -0.25) is 0 Å². The Labute approximate surface area is 75.7 Å². The van der Waals surface area contributed by atoms with E-state index in [4.69, 9.17) is 0 Å². The summed E-state index contributed by atoms with van der Waals surface area (Å²) in [6, 6.07) is 0. The van der Waals surface area contributed by atoms with Gasteiger partial charge in [0.1, 0.15) is 0 Å².